The van der Waals surface area contributed by atoms with Crippen LogP contribution in [0, 0.1) is 0 Å². The van der Waals surface area contributed by atoms with Crippen LogP contribution in [-0.2, 0) is 6.42 Å². The maximum absolute atomic E-state index is 5.92. The van der Waals surface area contributed by atoms with Crippen LogP contribution in [0.15, 0.2) is 23.1 Å². The van der Waals surface area contributed by atoms with Gasteiger partial charge in [0.25, 0.3) is 0 Å². The second kappa shape index (κ2) is 4.06. The Hall–Kier alpha value is -0.670. The lowest BCUT2D eigenvalue weighted by Crippen LogP contribution is -2.19. The quantitative estimate of drug-likeness (QED) is 0.826. The average molecular weight is 221 g/mol. The molecule has 1 N–H and O–H groups in total. The van der Waals surface area contributed by atoms with Gasteiger partial charge in [-0.2, -0.15) is 0 Å². The molecule has 0 saturated carbocycles. The minimum absolute atomic E-state index is 0.370. The van der Waals surface area contributed by atoms with E-state index in [0.717, 1.165) is 25.3 Å². The van der Waals surface area contributed by atoms with Crippen molar-refractivity contribution in [1.29, 1.82) is 0 Å². The van der Waals surface area contributed by atoms with Gasteiger partial charge in [0.15, 0.2) is 0 Å². The highest BCUT2D eigenvalue weighted by Crippen LogP contribution is 2.34. The van der Waals surface area contributed by atoms with Gasteiger partial charge in [-0.05, 0) is 37.1 Å². The van der Waals surface area contributed by atoms with E-state index >= 15 is 0 Å². The summed E-state index contributed by atoms with van der Waals surface area (Å²) in [5.41, 5.74) is 1.48. The molecule has 1 aromatic rings. The van der Waals surface area contributed by atoms with E-state index in [1.807, 2.05) is 11.8 Å². The van der Waals surface area contributed by atoms with E-state index < -0.39 is 0 Å². The number of nitrogens with one attached hydrogen (secondary N) is 1. The summed E-state index contributed by atoms with van der Waals surface area (Å²) in [6.45, 7) is 2.08. The van der Waals surface area contributed by atoms with Crippen molar-refractivity contribution in [3.8, 4) is 5.75 Å². The van der Waals surface area contributed by atoms with Gasteiger partial charge in [0, 0.05) is 17.2 Å². The Labute approximate surface area is 94.4 Å². The minimum Gasteiger partial charge on any atom is -0.489 e. The Balaban J connectivity index is 1.75. The van der Waals surface area contributed by atoms with Crippen molar-refractivity contribution in [1.82, 2.24) is 5.32 Å². The van der Waals surface area contributed by atoms with Gasteiger partial charge >= 0.3 is 0 Å². The first-order valence-electron chi connectivity index (χ1n) is 5.55. The normalized spacial score (nSPS) is 24.1. The molecule has 2 aliphatic rings. The number of fused-ring (bicyclic) bond motifs is 1. The summed E-state index contributed by atoms with van der Waals surface area (Å²) in [6, 6.07) is 6.53. The van der Waals surface area contributed by atoms with Crippen LogP contribution >= 0.6 is 11.8 Å². The lowest BCUT2D eigenvalue weighted by atomic mass is 10.2. The number of thioether (sulfide) groups is 1. The van der Waals surface area contributed by atoms with Crippen molar-refractivity contribution in [2.75, 3.05) is 18.8 Å². The second-order valence-electron chi connectivity index (χ2n) is 4.10. The van der Waals surface area contributed by atoms with E-state index in [4.69, 9.17) is 4.74 Å². The maximum Gasteiger partial charge on any atom is 0.120 e. The molecule has 1 saturated heterocycles. The van der Waals surface area contributed by atoms with Crippen LogP contribution < -0.4 is 10.1 Å². The van der Waals surface area contributed by atoms with Gasteiger partial charge in [-0.1, -0.05) is 6.07 Å². The molecule has 2 nitrogen and oxygen atoms in total. The third-order valence-corrected chi connectivity index (χ3v) is 4.08. The molecule has 0 aromatic heterocycles. The van der Waals surface area contributed by atoms with E-state index in [1.165, 1.54) is 22.6 Å². The Morgan fingerprint density at radius 1 is 1.40 bits per heavy atom. The van der Waals surface area contributed by atoms with Gasteiger partial charge in [0.1, 0.15) is 11.9 Å². The number of ether oxygens (including phenoxy) is 1. The van der Waals surface area contributed by atoms with Gasteiger partial charge in [-0.25, -0.2) is 0 Å². The predicted molar refractivity (Wildman–Crippen MR) is 62.8 cm³/mol. The van der Waals surface area contributed by atoms with Crippen molar-refractivity contribution in [2.24, 2.45) is 0 Å². The standard InChI is InChI=1S/C12H15NOS/c1-2-10(14-11-3-5-13-8-11)7-12-9(1)4-6-15-12/h1-2,7,11,13H,3-6,8H2. The number of rotatable bonds is 2. The first-order chi connectivity index (χ1) is 7.42. The third kappa shape index (κ3) is 1.99. The first kappa shape index (κ1) is 9.55. The van der Waals surface area contributed by atoms with Crippen molar-refractivity contribution in [3.05, 3.63) is 23.8 Å². The number of hydrogen-bond acceptors (Lipinski definition) is 3. The zero-order valence-corrected chi connectivity index (χ0v) is 9.48. The summed E-state index contributed by atoms with van der Waals surface area (Å²) in [7, 11) is 0. The zero-order valence-electron chi connectivity index (χ0n) is 8.66. The SMILES string of the molecule is c1cc2c(cc1OC1CCNC1)SCC2. The van der Waals surface area contributed by atoms with Crippen LogP contribution in [-0.4, -0.2) is 24.9 Å². The molecule has 3 heteroatoms. The molecule has 0 amide bonds. The van der Waals surface area contributed by atoms with E-state index in [-0.39, 0.29) is 0 Å². The molecule has 2 heterocycles. The Kier molecular flexibility index (Phi) is 2.59. The lowest BCUT2D eigenvalue weighted by molar-refractivity contribution is 0.222. The van der Waals surface area contributed by atoms with E-state index in [1.54, 1.807) is 0 Å². The zero-order chi connectivity index (χ0) is 10.1. The van der Waals surface area contributed by atoms with E-state index in [2.05, 4.69) is 23.5 Å². The van der Waals surface area contributed by atoms with Gasteiger partial charge in [0.05, 0.1) is 0 Å². The Morgan fingerprint density at radius 2 is 2.40 bits per heavy atom. The fraction of sp³-hybridized carbons (Fsp3) is 0.500. The second-order valence-corrected chi connectivity index (χ2v) is 5.24. The summed E-state index contributed by atoms with van der Waals surface area (Å²) in [4.78, 5) is 1.42. The van der Waals surface area contributed by atoms with Crippen molar-refractivity contribution in [3.63, 3.8) is 0 Å². The molecule has 2 aliphatic heterocycles. The van der Waals surface area contributed by atoms with Crippen molar-refractivity contribution < 1.29 is 4.74 Å². The van der Waals surface area contributed by atoms with Crippen LogP contribution in [0.25, 0.3) is 0 Å². The van der Waals surface area contributed by atoms with Gasteiger partial charge < -0.3 is 10.1 Å². The molecular formula is C12H15NOS. The molecule has 15 heavy (non-hydrogen) atoms. The smallest absolute Gasteiger partial charge is 0.120 e. The molecular weight excluding hydrogens is 206 g/mol. The number of aryl methyl sites for hydroxylation is 1. The highest BCUT2D eigenvalue weighted by atomic mass is 32.2. The molecule has 0 bridgehead atoms. The fourth-order valence-corrected chi connectivity index (χ4v) is 3.24. The number of benzene rings is 1. The lowest BCUT2D eigenvalue weighted by Gasteiger charge is -2.13. The van der Waals surface area contributed by atoms with Crippen molar-refractivity contribution >= 4 is 11.8 Å². The van der Waals surface area contributed by atoms with E-state index in [9.17, 15) is 0 Å². The fourth-order valence-electron chi connectivity index (χ4n) is 2.14. The average Bonchev–Trinajstić information content (AvgIpc) is 2.87. The molecule has 3 rings (SSSR count). The van der Waals surface area contributed by atoms with Crippen LogP contribution in [0.4, 0.5) is 0 Å². The third-order valence-electron chi connectivity index (χ3n) is 2.99. The summed E-state index contributed by atoms with van der Waals surface area (Å²) in [5, 5.41) is 3.31. The Morgan fingerprint density at radius 3 is 3.27 bits per heavy atom. The molecule has 1 atom stereocenters. The van der Waals surface area contributed by atoms with E-state index in [0.29, 0.717) is 6.10 Å². The molecule has 1 aromatic carbocycles. The largest absolute Gasteiger partial charge is 0.489 e. The van der Waals surface area contributed by atoms with Crippen LogP contribution in [0.2, 0.25) is 0 Å². The summed E-state index contributed by atoms with van der Waals surface area (Å²) in [6.07, 6.45) is 2.71. The van der Waals surface area contributed by atoms with Crippen molar-refractivity contribution in [2.45, 2.75) is 23.8 Å². The summed E-state index contributed by atoms with van der Waals surface area (Å²) >= 11 is 1.94. The molecule has 80 valence electrons. The van der Waals surface area contributed by atoms with Gasteiger partial charge in [0.2, 0.25) is 0 Å². The van der Waals surface area contributed by atoms with Gasteiger partial charge in [-0.15, -0.1) is 11.8 Å². The number of hydrogen-bond donors (Lipinski definition) is 1. The highest BCUT2D eigenvalue weighted by molar-refractivity contribution is 7.99. The van der Waals surface area contributed by atoms with Crippen LogP contribution in [0.3, 0.4) is 0 Å². The van der Waals surface area contributed by atoms with Crippen LogP contribution in [0.1, 0.15) is 12.0 Å². The minimum atomic E-state index is 0.370. The van der Waals surface area contributed by atoms with Gasteiger partial charge in [-0.3, -0.25) is 0 Å². The maximum atomic E-state index is 5.92. The first-order valence-corrected chi connectivity index (χ1v) is 6.53. The predicted octanol–water partition coefficient (Wildman–Crippen LogP) is 2.08. The molecule has 0 aliphatic carbocycles. The molecule has 1 unspecified atom stereocenters. The Bertz CT molecular complexity index is 361. The molecule has 1 fully saturated rings. The molecule has 0 spiro atoms. The summed E-state index contributed by atoms with van der Waals surface area (Å²) in [5.74, 6) is 2.26. The summed E-state index contributed by atoms with van der Waals surface area (Å²) < 4.78 is 5.92. The highest BCUT2D eigenvalue weighted by Gasteiger charge is 2.17. The van der Waals surface area contributed by atoms with Crippen LogP contribution in [0.5, 0.6) is 5.75 Å². The topological polar surface area (TPSA) is 21.3 Å². The molecule has 0 radical (unpaired) electrons. The monoisotopic (exact) mass is 221 g/mol.